The molecule has 0 saturated carbocycles. The van der Waals surface area contributed by atoms with E-state index in [1.54, 1.807) is 0 Å². The van der Waals surface area contributed by atoms with Crippen molar-refractivity contribution in [1.29, 1.82) is 0 Å². The van der Waals surface area contributed by atoms with Gasteiger partial charge in [-0.1, -0.05) is 11.6 Å². The van der Waals surface area contributed by atoms with Gasteiger partial charge in [0, 0.05) is 5.69 Å². The normalized spacial score (nSPS) is 10.2. The van der Waals surface area contributed by atoms with Gasteiger partial charge >= 0.3 is 0 Å². The largest absolute Gasteiger partial charge is 0.330 e. The fourth-order valence-corrected chi connectivity index (χ4v) is 1.12. The van der Waals surface area contributed by atoms with Gasteiger partial charge in [-0.25, -0.2) is 0 Å². The molecule has 0 saturated heterocycles. The quantitative estimate of drug-likeness (QED) is 0.780. The van der Waals surface area contributed by atoms with E-state index in [1.165, 1.54) is 0 Å². The molecular weight excluding hydrogens is 172 g/mol. The van der Waals surface area contributed by atoms with Crippen molar-refractivity contribution in [2.24, 2.45) is 5.73 Å². The Morgan fingerprint density at radius 2 is 2.25 bits per heavy atom. The van der Waals surface area contributed by atoms with Crippen molar-refractivity contribution in [2.75, 3.05) is 6.54 Å². The molecule has 0 bridgehead atoms. The molecular formula is C9H13ClN2. The van der Waals surface area contributed by atoms with Crippen LogP contribution in [-0.4, -0.2) is 11.5 Å². The van der Waals surface area contributed by atoms with Gasteiger partial charge in [0.05, 0.1) is 10.7 Å². The fourth-order valence-electron chi connectivity index (χ4n) is 1.02. The topological polar surface area (TPSA) is 38.9 Å². The van der Waals surface area contributed by atoms with Crippen LogP contribution in [0, 0.1) is 6.92 Å². The van der Waals surface area contributed by atoms with E-state index >= 15 is 0 Å². The van der Waals surface area contributed by atoms with Crippen LogP contribution in [0.3, 0.4) is 0 Å². The molecule has 1 aromatic rings. The van der Waals surface area contributed by atoms with Gasteiger partial charge in [0.2, 0.25) is 0 Å². The van der Waals surface area contributed by atoms with Crippen LogP contribution < -0.4 is 5.73 Å². The van der Waals surface area contributed by atoms with Gasteiger partial charge in [-0.05, 0) is 38.4 Å². The summed E-state index contributed by atoms with van der Waals surface area (Å²) in [5.74, 6) is 0. The molecule has 0 aliphatic rings. The van der Waals surface area contributed by atoms with Crippen LogP contribution in [0.5, 0.6) is 0 Å². The number of aromatic nitrogens is 1. The van der Waals surface area contributed by atoms with E-state index in [2.05, 4.69) is 4.98 Å². The molecule has 0 atom stereocenters. The second kappa shape index (κ2) is 4.43. The van der Waals surface area contributed by atoms with Gasteiger partial charge in [-0.15, -0.1) is 0 Å². The molecule has 12 heavy (non-hydrogen) atoms. The third-order valence-corrected chi connectivity index (χ3v) is 2.12. The van der Waals surface area contributed by atoms with Crippen LogP contribution in [-0.2, 0) is 6.42 Å². The lowest BCUT2D eigenvalue weighted by molar-refractivity contribution is 0.806. The first-order valence-electron chi connectivity index (χ1n) is 4.06. The van der Waals surface area contributed by atoms with E-state index in [4.69, 9.17) is 17.3 Å². The Morgan fingerprint density at radius 3 is 2.83 bits per heavy atom. The summed E-state index contributed by atoms with van der Waals surface area (Å²) in [4.78, 5) is 4.32. The summed E-state index contributed by atoms with van der Waals surface area (Å²) in [7, 11) is 0. The number of pyridine rings is 1. The number of nitrogens with zero attached hydrogens (tertiary/aromatic N) is 1. The molecule has 1 heterocycles. The lowest BCUT2D eigenvalue weighted by atomic mass is 10.2. The van der Waals surface area contributed by atoms with Crippen LogP contribution >= 0.6 is 11.6 Å². The minimum Gasteiger partial charge on any atom is -0.330 e. The van der Waals surface area contributed by atoms with E-state index in [1.807, 2.05) is 19.1 Å². The molecule has 0 spiro atoms. The lowest BCUT2D eigenvalue weighted by Crippen LogP contribution is -2.02. The zero-order valence-corrected chi connectivity index (χ0v) is 7.93. The molecule has 1 rings (SSSR count). The molecule has 0 amide bonds. The van der Waals surface area contributed by atoms with Gasteiger partial charge in [0.25, 0.3) is 0 Å². The number of nitrogens with two attached hydrogens (primary N) is 1. The molecule has 0 unspecified atom stereocenters. The monoisotopic (exact) mass is 184 g/mol. The van der Waals surface area contributed by atoms with Crippen LogP contribution in [0.25, 0.3) is 0 Å². The highest BCUT2D eigenvalue weighted by molar-refractivity contribution is 6.31. The molecule has 66 valence electrons. The van der Waals surface area contributed by atoms with E-state index in [-0.39, 0.29) is 0 Å². The Morgan fingerprint density at radius 1 is 1.50 bits per heavy atom. The maximum atomic E-state index is 5.83. The summed E-state index contributed by atoms with van der Waals surface area (Å²) < 4.78 is 0. The Labute approximate surface area is 77.8 Å². The highest BCUT2D eigenvalue weighted by Gasteiger charge is 1.98. The summed E-state index contributed by atoms with van der Waals surface area (Å²) in [5.41, 5.74) is 7.36. The fraction of sp³-hybridized carbons (Fsp3) is 0.444. The zero-order valence-electron chi connectivity index (χ0n) is 7.18. The Balaban J connectivity index is 2.69. The van der Waals surface area contributed by atoms with Gasteiger partial charge in [-0.2, -0.15) is 0 Å². The number of hydrogen-bond acceptors (Lipinski definition) is 2. The number of aryl methyl sites for hydroxylation is 2. The summed E-state index contributed by atoms with van der Waals surface area (Å²) in [6.07, 6.45) is 1.92. The van der Waals surface area contributed by atoms with Crippen molar-refractivity contribution >= 4 is 11.6 Å². The van der Waals surface area contributed by atoms with E-state index < -0.39 is 0 Å². The van der Waals surface area contributed by atoms with Crippen LogP contribution in [0.1, 0.15) is 17.8 Å². The zero-order chi connectivity index (χ0) is 8.97. The molecule has 2 N–H and O–H groups in total. The Hall–Kier alpha value is -0.600. The summed E-state index contributed by atoms with van der Waals surface area (Å²) >= 11 is 5.83. The molecule has 3 heteroatoms. The molecule has 0 aromatic carbocycles. The Bertz CT molecular complexity index is 261. The van der Waals surface area contributed by atoms with Crippen molar-refractivity contribution in [2.45, 2.75) is 19.8 Å². The molecule has 0 aliphatic carbocycles. The van der Waals surface area contributed by atoms with Gasteiger partial charge < -0.3 is 5.73 Å². The molecule has 0 radical (unpaired) electrons. The second-order valence-electron chi connectivity index (χ2n) is 2.76. The lowest BCUT2D eigenvalue weighted by Gasteiger charge is -2.01. The number of halogens is 1. The summed E-state index contributed by atoms with van der Waals surface area (Å²) in [6.45, 7) is 2.62. The summed E-state index contributed by atoms with van der Waals surface area (Å²) in [5, 5.41) is 0.728. The first kappa shape index (κ1) is 9.49. The van der Waals surface area contributed by atoms with Crippen LogP contribution in [0.2, 0.25) is 5.02 Å². The molecule has 0 fully saturated rings. The van der Waals surface area contributed by atoms with Crippen molar-refractivity contribution in [3.8, 4) is 0 Å². The van der Waals surface area contributed by atoms with Gasteiger partial charge in [-0.3, -0.25) is 4.98 Å². The smallest absolute Gasteiger partial charge is 0.0618 e. The standard InChI is InChI=1S/C9H13ClN2/c1-7-9(10)5-4-8(12-7)3-2-6-11/h4-5H,2-3,6,11H2,1H3. The third kappa shape index (κ3) is 2.47. The highest BCUT2D eigenvalue weighted by atomic mass is 35.5. The van der Waals surface area contributed by atoms with E-state index in [9.17, 15) is 0 Å². The van der Waals surface area contributed by atoms with E-state index in [0.29, 0.717) is 6.54 Å². The van der Waals surface area contributed by atoms with Crippen molar-refractivity contribution in [3.05, 3.63) is 28.5 Å². The summed E-state index contributed by atoms with van der Waals surface area (Å²) in [6, 6.07) is 3.83. The van der Waals surface area contributed by atoms with Gasteiger partial charge in [0.1, 0.15) is 0 Å². The minimum absolute atomic E-state index is 0.712. The second-order valence-corrected chi connectivity index (χ2v) is 3.17. The predicted octanol–water partition coefficient (Wildman–Crippen LogP) is 1.93. The predicted molar refractivity (Wildman–Crippen MR) is 51.4 cm³/mol. The maximum absolute atomic E-state index is 5.83. The van der Waals surface area contributed by atoms with Crippen LogP contribution in [0.15, 0.2) is 12.1 Å². The average molecular weight is 185 g/mol. The average Bonchev–Trinajstić information content (AvgIpc) is 2.07. The van der Waals surface area contributed by atoms with Gasteiger partial charge in [0.15, 0.2) is 0 Å². The van der Waals surface area contributed by atoms with E-state index in [0.717, 1.165) is 29.3 Å². The third-order valence-electron chi connectivity index (χ3n) is 1.72. The number of hydrogen-bond donors (Lipinski definition) is 1. The SMILES string of the molecule is Cc1nc(CCCN)ccc1Cl. The van der Waals surface area contributed by atoms with Crippen molar-refractivity contribution in [1.82, 2.24) is 4.98 Å². The van der Waals surface area contributed by atoms with Crippen molar-refractivity contribution < 1.29 is 0 Å². The molecule has 0 aliphatic heterocycles. The highest BCUT2D eigenvalue weighted by Crippen LogP contribution is 2.13. The maximum Gasteiger partial charge on any atom is 0.0618 e. The van der Waals surface area contributed by atoms with Crippen molar-refractivity contribution in [3.63, 3.8) is 0 Å². The molecule has 2 nitrogen and oxygen atoms in total. The first-order valence-corrected chi connectivity index (χ1v) is 4.44. The molecule has 1 aromatic heterocycles. The first-order chi connectivity index (χ1) is 5.74. The Kier molecular flexibility index (Phi) is 3.50. The minimum atomic E-state index is 0.712. The number of rotatable bonds is 3. The van der Waals surface area contributed by atoms with Crippen LogP contribution in [0.4, 0.5) is 0 Å².